The maximum Gasteiger partial charge on any atom is 0.213 e. The molecule has 4 nitrogen and oxygen atoms in total. The van der Waals surface area contributed by atoms with Crippen molar-refractivity contribution in [2.24, 2.45) is 5.73 Å². The van der Waals surface area contributed by atoms with E-state index in [1.165, 1.54) is 0 Å². The van der Waals surface area contributed by atoms with Crippen LogP contribution in [0.5, 0.6) is 5.88 Å². The van der Waals surface area contributed by atoms with Crippen molar-refractivity contribution in [3.8, 4) is 5.88 Å². The van der Waals surface area contributed by atoms with Gasteiger partial charge in [-0.2, -0.15) is 0 Å². The number of aromatic nitrogens is 1. The van der Waals surface area contributed by atoms with Gasteiger partial charge in [0.05, 0.1) is 0 Å². The van der Waals surface area contributed by atoms with Crippen LogP contribution in [0, 0.1) is 0 Å². The highest BCUT2D eigenvalue weighted by Gasteiger charge is 2.21. The number of rotatable bonds is 5. The molecule has 0 aromatic carbocycles. The number of nitrogens with two attached hydrogens (primary N) is 1. The SMILES string of the molecule is C[C@H](N)c1ccnc(OCC(C)(C)N(C)C)c1. The zero-order chi connectivity index (χ0) is 13.1. The minimum atomic E-state index is -0.0218. The highest BCUT2D eigenvalue weighted by Crippen LogP contribution is 2.17. The maximum atomic E-state index is 5.82. The molecular formula is C13H23N3O. The van der Waals surface area contributed by atoms with Crippen LogP contribution in [0.2, 0.25) is 0 Å². The molecule has 0 spiro atoms. The summed E-state index contributed by atoms with van der Waals surface area (Å²) in [5, 5.41) is 0. The van der Waals surface area contributed by atoms with Crippen LogP contribution in [0.4, 0.5) is 0 Å². The summed E-state index contributed by atoms with van der Waals surface area (Å²) >= 11 is 0. The first kappa shape index (κ1) is 13.9. The van der Waals surface area contributed by atoms with Crippen LogP contribution in [-0.2, 0) is 0 Å². The minimum Gasteiger partial charge on any atom is -0.476 e. The van der Waals surface area contributed by atoms with Gasteiger partial charge < -0.3 is 15.4 Å². The topological polar surface area (TPSA) is 51.4 Å². The zero-order valence-electron chi connectivity index (χ0n) is 11.4. The first-order valence-electron chi connectivity index (χ1n) is 5.84. The molecule has 4 heteroatoms. The van der Waals surface area contributed by atoms with Gasteiger partial charge in [0.25, 0.3) is 0 Å². The molecule has 0 bridgehead atoms. The summed E-state index contributed by atoms with van der Waals surface area (Å²) in [6.45, 7) is 6.79. The Hall–Kier alpha value is -1.13. The predicted molar refractivity (Wildman–Crippen MR) is 70.1 cm³/mol. The Balaban J connectivity index is 2.67. The summed E-state index contributed by atoms with van der Waals surface area (Å²) < 4.78 is 5.71. The number of likely N-dealkylation sites (N-methyl/N-ethyl adjacent to an activating group) is 1. The first-order chi connectivity index (χ1) is 7.83. The van der Waals surface area contributed by atoms with Crippen molar-refractivity contribution in [3.05, 3.63) is 23.9 Å². The van der Waals surface area contributed by atoms with Gasteiger partial charge >= 0.3 is 0 Å². The molecule has 0 aliphatic carbocycles. The molecule has 1 rings (SSSR count). The zero-order valence-corrected chi connectivity index (χ0v) is 11.4. The maximum absolute atomic E-state index is 5.82. The quantitative estimate of drug-likeness (QED) is 0.848. The fourth-order valence-corrected chi connectivity index (χ4v) is 1.17. The molecular weight excluding hydrogens is 214 g/mol. The van der Waals surface area contributed by atoms with Crippen molar-refractivity contribution in [1.29, 1.82) is 0 Å². The van der Waals surface area contributed by atoms with E-state index in [4.69, 9.17) is 10.5 Å². The van der Waals surface area contributed by atoms with Crippen molar-refractivity contribution >= 4 is 0 Å². The van der Waals surface area contributed by atoms with Crippen LogP contribution < -0.4 is 10.5 Å². The second kappa shape index (κ2) is 5.47. The van der Waals surface area contributed by atoms with Gasteiger partial charge in [-0.15, -0.1) is 0 Å². The lowest BCUT2D eigenvalue weighted by atomic mass is 10.1. The van der Waals surface area contributed by atoms with Crippen LogP contribution in [0.1, 0.15) is 32.4 Å². The molecule has 1 aromatic heterocycles. The van der Waals surface area contributed by atoms with Gasteiger partial charge in [-0.25, -0.2) is 4.98 Å². The van der Waals surface area contributed by atoms with Crippen molar-refractivity contribution in [1.82, 2.24) is 9.88 Å². The predicted octanol–water partition coefficient (Wildman–Crippen LogP) is 1.82. The summed E-state index contributed by atoms with van der Waals surface area (Å²) in [5.74, 6) is 0.634. The molecule has 96 valence electrons. The summed E-state index contributed by atoms with van der Waals surface area (Å²) in [7, 11) is 4.07. The van der Waals surface area contributed by atoms with Crippen LogP contribution in [-0.4, -0.2) is 36.1 Å². The Kier molecular flexibility index (Phi) is 4.48. The molecule has 17 heavy (non-hydrogen) atoms. The number of hydrogen-bond donors (Lipinski definition) is 1. The molecule has 0 saturated heterocycles. The van der Waals surface area contributed by atoms with E-state index < -0.39 is 0 Å². The van der Waals surface area contributed by atoms with E-state index in [-0.39, 0.29) is 11.6 Å². The van der Waals surface area contributed by atoms with Gasteiger partial charge in [0.15, 0.2) is 0 Å². The molecule has 0 saturated carbocycles. The molecule has 0 unspecified atom stereocenters. The van der Waals surface area contributed by atoms with Gasteiger partial charge in [-0.3, -0.25) is 0 Å². The lowest BCUT2D eigenvalue weighted by molar-refractivity contribution is 0.111. The molecule has 0 aliphatic rings. The second-order valence-electron chi connectivity index (χ2n) is 5.21. The summed E-state index contributed by atoms with van der Waals surface area (Å²) in [6.07, 6.45) is 1.73. The third-order valence-corrected chi connectivity index (χ3v) is 3.07. The molecule has 2 N–H and O–H groups in total. The molecule has 1 heterocycles. The highest BCUT2D eigenvalue weighted by atomic mass is 16.5. The van der Waals surface area contributed by atoms with Crippen LogP contribution in [0.15, 0.2) is 18.3 Å². The summed E-state index contributed by atoms with van der Waals surface area (Å²) in [6, 6.07) is 3.81. The van der Waals surface area contributed by atoms with Crippen molar-refractivity contribution in [3.63, 3.8) is 0 Å². The van der Waals surface area contributed by atoms with Gasteiger partial charge in [-0.1, -0.05) is 0 Å². The summed E-state index contributed by atoms with van der Waals surface area (Å²) in [4.78, 5) is 6.32. The number of ether oxygens (including phenoxy) is 1. The lowest BCUT2D eigenvalue weighted by Crippen LogP contribution is -2.43. The minimum absolute atomic E-state index is 0.00205. The largest absolute Gasteiger partial charge is 0.476 e. The first-order valence-corrected chi connectivity index (χ1v) is 5.84. The van der Waals surface area contributed by atoms with Crippen molar-refractivity contribution in [2.45, 2.75) is 32.4 Å². The van der Waals surface area contributed by atoms with Crippen LogP contribution in [0.3, 0.4) is 0 Å². The van der Waals surface area contributed by atoms with E-state index in [0.717, 1.165) is 5.56 Å². The van der Waals surface area contributed by atoms with E-state index in [1.807, 2.05) is 33.2 Å². The van der Waals surface area contributed by atoms with Gasteiger partial charge in [0, 0.05) is 23.8 Å². The Labute approximate surface area is 104 Å². The Morgan fingerprint density at radius 2 is 2.12 bits per heavy atom. The van der Waals surface area contributed by atoms with E-state index in [9.17, 15) is 0 Å². The molecule has 0 amide bonds. The van der Waals surface area contributed by atoms with Crippen molar-refractivity contribution in [2.75, 3.05) is 20.7 Å². The molecule has 1 atom stereocenters. The highest BCUT2D eigenvalue weighted by molar-refractivity contribution is 5.22. The fraction of sp³-hybridized carbons (Fsp3) is 0.615. The number of pyridine rings is 1. The molecule has 1 aromatic rings. The van der Waals surface area contributed by atoms with Gasteiger partial charge in [-0.05, 0) is 46.5 Å². The average molecular weight is 237 g/mol. The lowest BCUT2D eigenvalue weighted by Gasteiger charge is -2.31. The Morgan fingerprint density at radius 3 is 2.65 bits per heavy atom. The standard InChI is InChI=1S/C13H23N3O/c1-10(14)11-6-7-15-12(8-11)17-9-13(2,3)16(4)5/h6-8,10H,9,14H2,1-5H3/t10-/m0/s1. The van der Waals surface area contributed by atoms with Gasteiger partial charge in [0.1, 0.15) is 6.61 Å². The number of hydrogen-bond acceptors (Lipinski definition) is 4. The second-order valence-corrected chi connectivity index (χ2v) is 5.21. The third kappa shape index (κ3) is 3.98. The molecule has 0 aliphatic heterocycles. The van der Waals surface area contributed by atoms with E-state index >= 15 is 0 Å². The van der Waals surface area contributed by atoms with Crippen LogP contribution in [0.25, 0.3) is 0 Å². The van der Waals surface area contributed by atoms with E-state index in [0.29, 0.717) is 12.5 Å². The molecule has 0 radical (unpaired) electrons. The normalized spacial score (nSPS) is 13.8. The number of nitrogens with zero attached hydrogens (tertiary/aromatic N) is 2. The van der Waals surface area contributed by atoms with E-state index in [2.05, 4.69) is 23.7 Å². The Morgan fingerprint density at radius 1 is 1.47 bits per heavy atom. The smallest absolute Gasteiger partial charge is 0.213 e. The Bertz CT molecular complexity index is 361. The van der Waals surface area contributed by atoms with E-state index in [1.54, 1.807) is 6.20 Å². The average Bonchev–Trinajstić information content (AvgIpc) is 2.26. The van der Waals surface area contributed by atoms with Crippen molar-refractivity contribution < 1.29 is 4.74 Å². The summed E-state index contributed by atoms with van der Waals surface area (Å²) in [5.41, 5.74) is 6.84. The molecule has 0 fully saturated rings. The fourth-order valence-electron chi connectivity index (χ4n) is 1.17. The third-order valence-electron chi connectivity index (χ3n) is 3.07. The monoisotopic (exact) mass is 237 g/mol. The van der Waals surface area contributed by atoms with Gasteiger partial charge in [0.2, 0.25) is 5.88 Å². The van der Waals surface area contributed by atoms with Crippen LogP contribution >= 0.6 is 0 Å².